The minimum absolute atomic E-state index is 0.237. The molecule has 0 saturated carbocycles. The highest BCUT2D eigenvalue weighted by Gasteiger charge is 2.45. The third-order valence-corrected chi connectivity index (χ3v) is 6.14. The van der Waals surface area contributed by atoms with Crippen LogP contribution in [0.4, 0.5) is 10.2 Å². The van der Waals surface area contributed by atoms with E-state index in [1.165, 1.54) is 23.2 Å². The number of pyridine rings is 2. The number of rotatable bonds is 5. The summed E-state index contributed by atoms with van der Waals surface area (Å²) >= 11 is 0. The highest BCUT2D eigenvalue weighted by atomic mass is 19.1. The van der Waals surface area contributed by atoms with E-state index in [4.69, 9.17) is 0 Å². The van der Waals surface area contributed by atoms with Crippen LogP contribution in [-0.4, -0.2) is 45.9 Å². The first-order valence-electron chi connectivity index (χ1n) is 10.2. The van der Waals surface area contributed by atoms with Crippen LogP contribution in [0.1, 0.15) is 24.8 Å². The Kier molecular flexibility index (Phi) is 4.62. The van der Waals surface area contributed by atoms with E-state index in [9.17, 15) is 9.18 Å². The molecule has 6 heteroatoms. The van der Waals surface area contributed by atoms with E-state index in [0.717, 1.165) is 43.7 Å². The quantitative estimate of drug-likeness (QED) is 0.668. The molecule has 2 fully saturated rings. The van der Waals surface area contributed by atoms with Crippen molar-refractivity contribution in [3.8, 4) is 0 Å². The minimum Gasteiger partial charge on any atom is -0.350 e. The molecular formula is C23H23FN4O. The number of carbonyl (C=O) groups excluding carboxylic acids is 1. The monoisotopic (exact) mass is 390 g/mol. The Balaban J connectivity index is 1.17. The molecule has 2 saturated heterocycles. The Morgan fingerprint density at radius 2 is 2.00 bits per heavy atom. The Hall–Kier alpha value is -3.02. The van der Waals surface area contributed by atoms with Crippen LogP contribution in [0.25, 0.3) is 10.9 Å². The van der Waals surface area contributed by atoms with Crippen LogP contribution in [0.2, 0.25) is 0 Å². The van der Waals surface area contributed by atoms with Gasteiger partial charge in [-0.1, -0.05) is 18.2 Å². The third-order valence-electron chi connectivity index (χ3n) is 6.14. The van der Waals surface area contributed by atoms with Gasteiger partial charge >= 0.3 is 0 Å². The summed E-state index contributed by atoms with van der Waals surface area (Å²) in [6.07, 6.45) is 6.32. The van der Waals surface area contributed by atoms with Crippen molar-refractivity contribution in [1.82, 2.24) is 14.9 Å². The molecule has 29 heavy (non-hydrogen) atoms. The fourth-order valence-corrected chi connectivity index (χ4v) is 4.75. The number of amides is 1. The lowest BCUT2D eigenvalue weighted by Gasteiger charge is -2.35. The SMILES string of the molecule is O=C(CCCc1cccc2ncccc12)N1CC2CC1CN2c1ccc(F)cn1. The number of aryl methyl sites for hydroxylation is 1. The van der Waals surface area contributed by atoms with E-state index in [0.29, 0.717) is 6.42 Å². The van der Waals surface area contributed by atoms with Gasteiger partial charge in [-0.15, -0.1) is 0 Å². The van der Waals surface area contributed by atoms with Gasteiger partial charge in [0.2, 0.25) is 5.91 Å². The van der Waals surface area contributed by atoms with Gasteiger partial charge in [-0.3, -0.25) is 9.78 Å². The Morgan fingerprint density at radius 3 is 2.79 bits per heavy atom. The number of carbonyl (C=O) groups is 1. The zero-order valence-electron chi connectivity index (χ0n) is 16.2. The average molecular weight is 390 g/mol. The maximum absolute atomic E-state index is 13.1. The maximum Gasteiger partial charge on any atom is 0.222 e. The molecule has 2 aromatic heterocycles. The molecule has 2 atom stereocenters. The molecule has 2 unspecified atom stereocenters. The van der Waals surface area contributed by atoms with Gasteiger partial charge < -0.3 is 9.80 Å². The molecule has 2 aliphatic rings. The smallest absolute Gasteiger partial charge is 0.222 e. The predicted molar refractivity (Wildman–Crippen MR) is 110 cm³/mol. The van der Waals surface area contributed by atoms with Crippen molar-refractivity contribution < 1.29 is 9.18 Å². The van der Waals surface area contributed by atoms with Crippen LogP contribution >= 0.6 is 0 Å². The van der Waals surface area contributed by atoms with E-state index in [1.54, 1.807) is 6.07 Å². The van der Waals surface area contributed by atoms with Gasteiger partial charge in [0, 0.05) is 31.1 Å². The van der Waals surface area contributed by atoms with Crippen molar-refractivity contribution in [3.05, 3.63) is 66.2 Å². The molecule has 2 aliphatic heterocycles. The number of anilines is 1. The fraction of sp³-hybridized carbons (Fsp3) is 0.348. The number of hydrogen-bond donors (Lipinski definition) is 0. The number of hydrogen-bond acceptors (Lipinski definition) is 4. The zero-order valence-corrected chi connectivity index (χ0v) is 16.2. The van der Waals surface area contributed by atoms with Crippen molar-refractivity contribution in [3.63, 3.8) is 0 Å². The van der Waals surface area contributed by atoms with Crippen molar-refractivity contribution in [1.29, 1.82) is 0 Å². The summed E-state index contributed by atoms with van der Waals surface area (Å²) in [6, 6.07) is 13.9. The molecular weight excluding hydrogens is 367 g/mol. The molecule has 0 radical (unpaired) electrons. The number of aromatic nitrogens is 2. The van der Waals surface area contributed by atoms with Crippen molar-refractivity contribution in [2.24, 2.45) is 0 Å². The molecule has 0 aliphatic carbocycles. The van der Waals surface area contributed by atoms with Crippen LogP contribution in [0, 0.1) is 5.82 Å². The van der Waals surface area contributed by atoms with Gasteiger partial charge in [0.05, 0.1) is 23.8 Å². The summed E-state index contributed by atoms with van der Waals surface area (Å²) in [6.45, 7) is 1.52. The van der Waals surface area contributed by atoms with Crippen molar-refractivity contribution in [2.45, 2.75) is 37.8 Å². The first kappa shape index (κ1) is 18.0. The summed E-state index contributed by atoms with van der Waals surface area (Å²) in [5, 5.41) is 1.17. The first-order chi connectivity index (χ1) is 14.2. The number of benzene rings is 1. The van der Waals surface area contributed by atoms with Crippen LogP contribution in [-0.2, 0) is 11.2 Å². The van der Waals surface area contributed by atoms with E-state index >= 15 is 0 Å². The van der Waals surface area contributed by atoms with Gasteiger partial charge in [-0.05, 0) is 49.1 Å². The van der Waals surface area contributed by atoms with E-state index < -0.39 is 0 Å². The molecule has 0 spiro atoms. The first-order valence-corrected chi connectivity index (χ1v) is 10.2. The number of fused-ring (bicyclic) bond motifs is 3. The molecule has 0 N–H and O–H groups in total. The Labute approximate surface area is 169 Å². The Morgan fingerprint density at radius 1 is 1.07 bits per heavy atom. The molecule has 148 valence electrons. The lowest BCUT2D eigenvalue weighted by atomic mass is 10.0. The van der Waals surface area contributed by atoms with Gasteiger partial charge in [0.15, 0.2) is 0 Å². The van der Waals surface area contributed by atoms with Gasteiger partial charge in [0.25, 0.3) is 0 Å². The largest absolute Gasteiger partial charge is 0.350 e. The second kappa shape index (κ2) is 7.43. The lowest BCUT2D eigenvalue weighted by molar-refractivity contribution is -0.132. The maximum atomic E-state index is 13.1. The summed E-state index contributed by atoms with van der Waals surface area (Å²) in [5.74, 6) is 0.718. The fourth-order valence-electron chi connectivity index (χ4n) is 4.75. The summed E-state index contributed by atoms with van der Waals surface area (Å²) in [4.78, 5) is 25.7. The molecule has 1 aromatic carbocycles. The standard InChI is InChI=1S/C23H23FN4O/c24-17-9-10-22(26-13-17)27-14-19-12-18(27)15-28(19)23(29)8-2-5-16-4-1-7-21-20(16)6-3-11-25-21/h1,3-4,6-7,9-11,13,18-19H,2,5,8,12,14-15H2. The lowest BCUT2D eigenvalue weighted by Crippen LogP contribution is -2.49. The number of halogens is 1. The van der Waals surface area contributed by atoms with Gasteiger partial charge in [-0.25, -0.2) is 9.37 Å². The van der Waals surface area contributed by atoms with Crippen molar-refractivity contribution >= 4 is 22.6 Å². The average Bonchev–Trinajstić information content (AvgIpc) is 3.35. The molecule has 5 rings (SSSR count). The van der Waals surface area contributed by atoms with Gasteiger partial charge in [-0.2, -0.15) is 0 Å². The Bertz CT molecular complexity index is 1030. The molecule has 5 nitrogen and oxygen atoms in total. The molecule has 1 amide bonds. The predicted octanol–water partition coefficient (Wildman–Crippen LogP) is 3.58. The third kappa shape index (κ3) is 3.43. The number of likely N-dealkylation sites (tertiary alicyclic amines) is 1. The second-order valence-corrected chi connectivity index (χ2v) is 7.92. The van der Waals surface area contributed by atoms with E-state index in [-0.39, 0.29) is 23.8 Å². The summed E-state index contributed by atoms with van der Waals surface area (Å²) in [7, 11) is 0. The van der Waals surface area contributed by atoms with Crippen LogP contribution < -0.4 is 4.90 Å². The van der Waals surface area contributed by atoms with E-state index in [1.807, 2.05) is 29.3 Å². The molecule has 2 bridgehead atoms. The molecule has 3 aromatic rings. The van der Waals surface area contributed by atoms with Crippen LogP contribution in [0.15, 0.2) is 54.9 Å². The van der Waals surface area contributed by atoms with Crippen LogP contribution in [0.5, 0.6) is 0 Å². The zero-order chi connectivity index (χ0) is 19.8. The van der Waals surface area contributed by atoms with Crippen LogP contribution in [0.3, 0.4) is 0 Å². The van der Waals surface area contributed by atoms with Gasteiger partial charge in [0.1, 0.15) is 11.6 Å². The second-order valence-electron chi connectivity index (χ2n) is 7.92. The van der Waals surface area contributed by atoms with Crippen molar-refractivity contribution in [2.75, 3.05) is 18.0 Å². The number of nitrogens with zero attached hydrogens (tertiary/aromatic N) is 4. The highest BCUT2D eigenvalue weighted by Crippen LogP contribution is 2.34. The minimum atomic E-state index is -0.322. The summed E-state index contributed by atoms with van der Waals surface area (Å²) < 4.78 is 13.1. The summed E-state index contributed by atoms with van der Waals surface area (Å²) in [5.41, 5.74) is 2.25. The van der Waals surface area contributed by atoms with E-state index in [2.05, 4.69) is 27.0 Å². The normalized spacial score (nSPS) is 20.6. The molecule has 4 heterocycles. The topological polar surface area (TPSA) is 49.3 Å². The highest BCUT2D eigenvalue weighted by molar-refractivity contribution is 5.82. The number of piperazine rings is 1.